The average Bonchev–Trinajstić information content (AvgIpc) is 3.42. The van der Waals surface area contributed by atoms with E-state index in [1.807, 2.05) is 84.9 Å². The highest BCUT2D eigenvalue weighted by molar-refractivity contribution is 9.10. The van der Waals surface area contributed by atoms with Crippen LogP contribution in [0, 0.1) is 11.3 Å². The molecule has 9 heteroatoms. The molecular formula is C34H26Br2N2O5. The summed E-state index contributed by atoms with van der Waals surface area (Å²) in [7, 11) is 4.80. The van der Waals surface area contributed by atoms with Crippen LogP contribution in [0.15, 0.2) is 103 Å². The third kappa shape index (κ3) is 6.77. The number of nitriles is 1. The number of hydrogen-bond acceptors (Lipinski definition) is 7. The Morgan fingerprint density at radius 1 is 0.814 bits per heavy atom. The maximum absolute atomic E-state index is 10.3. The number of benzene rings is 4. The average molecular weight is 702 g/mol. The van der Waals surface area contributed by atoms with Crippen molar-refractivity contribution in [1.82, 2.24) is 0 Å². The minimum atomic E-state index is 0.185. The smallest absolute Gasteiger partial charge is 0.238 e. The summed E-state index contributed by atoms with van der Waals surface area (Å²) in [6.45, 7) is 0.371. The van der Waals surface area contributed by atoms with E-state index in [-0.39, 0.29) is 5.88 Å². The van der Waals surface area contributed by atoms with Crippen LogP contribution in [0.4, 0.5) is 5.88 Å². The van der Waals surface area contributed by atoms with E-state index in [4.69, 9.17) is 23.4 Å². The van der Waals surface area contributed by atoms with Gasteiger partial charge in [0.15, 0.2) is 11.5 Å². The Morgan fingerprint density at radius 2 is 1.44 bits per heavy atom. The molecule has 0 fully saturated rings. The molecule has 0 bridgehead atoms. The van der Waals surface area contributed by atoms with Crippen molar-refractivity contribution in [2.75, 3.05) is 21.3 Å². The van der Waals surface area contributed by atoms with Crippen molar-refractivity contribution in [3.63, 3.8) is 0 Å². The molecular weight excluding hydrogens is 676 g/mol. The predicted molar refractivity (Wildman–Crippen MR) is 174 cm³/mol. The summed E-state index contributed by atoms with van der Waals surface area (Å²) in [5, 5.41) is 10.3. The molecule has 5 rings (SSSR count). The fraction of sp³-hybridized carbons (Fsp3) is 0.118. The van der Waals surface area contributed by atoms with E-state index in [0.29, 0.717) is 51.0 Å². The second-order valence-corrected chi connectivity index (χ2v) is 11.0. The van der Waals surface area contributed by atoms with Gasteiger partial charge in [0.1, 0.15) is 35.5 Å². The first-order valence-electron chi connectivity index (χ1n) is 13.1. The number of ether oxygens (including phenoxy) is 4. The van der Waals surface area contributed by atoms with Crippen molar-refractivity contribution < 1.29 is 23.4 Å². The molecule has 0 radical (unpaired) electrons. The van der Waals surface area contributed by atoms with Crippen molar-refractivity contribution >= 4 is 44.0 Å². The summed E-state index contributed by atoms with van der Waals surface area (Å²) in [4.78, 5) is 4.61. The largest absolute Gasteiger partial charge is 0.497 e. The Balaban J connectivity index is 1.51. The van der Waals surface area contributed by atoms with E-state index in [1.165, 1.54) is 0 Å². The fourth-order valence-electron chi connectivity index (χ4n) is 4.42. The highest BCUT2D eigenvalue weighted by Gasteiger charge is 2.23. The molecule has 0 spiro atoms. The molecule has 0 atom stereocenters. The van der Waals surface area contributed by atoms with E-state index in [2.05, 4.69) is 42.9 Å². The fourth-order valence-corrected chi connectivity index (χ4v) is 5.25. The summed E-state index contributed by atoms with van der Waals surface area (Å²) in [6.07, 6.45) is 1.63. The van der Waals surface area contributed by atoms with Gasteiger partial charge in [-0.05, 0) is 93.3 Å². The summed E-state index contributed by atoms with van der Waals surface area (Å²) < 4.78 is 30.3. The van der Waals surface area contributed by atoms with Crippen LogP contribution in [0.5, 0.6) is 23.0 Å². The van der Waals surface area contributed by atoms with E-state index < -0.39 is 0 Å². The van der Waals surface area contributed by atoms with Gasteiger partial charge in [-0.15, -0.1) is 0 Å². The quantitative estimate of drug-likeness (QED) is 0.135. The number of hydrogen-bond donors (Lipinski definition) is 0. The van der Waals surface area contributed by atoms with Gasteiger partial charge in [0.2, 0.25) is 5.88 Å². The van der Waals surface area contributed by atoms with Crippen LogP contribution in [0.25, 0.3) is 22.5 Å². The number of halogens is 2. The maximum Gasteiger partial charge on any atom is 0.238 e. The van der Waals surface area contributed by atoms with Gasteiger partial charge in [0.05, 0.1) is 25.8 Å². The maximum atomic E-state index is 10.3. The van der Waals surface area contributed by atoms with Crippen LogP contribution in [-0.4, -0.2) is 27.5 Å². The zero-order valence-corrected chi connectivity index (χ0v) is 26.7. The number of nitrogens with zero attached hydrogens (tertiary/aromatic N) is 2. The van der Waals surface area contributed by atoms with Gasteiger partial charge in [-0.1, -0.05) is 40.2 Å². The minimum Gasteiger partial charge on any atom is -0.497 e. The van der Waals surface area contributed by atoms with Gasteiger partial charge < -0.3 is 23.4 Å². The molecule has 43 heavy (non-hydrogen) atoms. The van der Waals surface area contributed by atoms with Crippen molar-refractivity contribution in [3.8, 4) is 51.5 Å². The molecule has 5 aromatic rings. The molecule has 216 valence electrons. The topological polar surface area (TPSA) is 86.2 Å². The highest BCUT2D eigenvalue weighted by atomic mass is 79.9. The van der Waals surface area contributed by atoms with E-state index in [1.54, 1.807) is 27.5 Å². The molecule has 0 N–H and O–H groups in total. The zero-order chi connectivity index (χ0) is 30.3. The third-order valence-electron chi connectivity index (χ3n) is 6.61. The number of methoxy groups -OCH3 is 3. The third-order valence-corrected chi connectivity index (χ3v) is 7.73. The van der Waals surface area contributed by atoms with Crippen molar-refractivity contribution in [2.24, 2.45) is 4.99 Å². The molecule has 4 aromatic carbocycles. The van der Waals surface area contributed by atoms with Gasteiger partial charge >= 0.3 is 0 Å². The Hall–Kier alpha value is -4.52. The zero-order valence-electron chi connectivity index (χ0n) is 23.6. The molecule has 0 amide bonds. The number of aliphatic imine (C=N–C) groups is 1. The standard InChI is InChI=1S/C34H26Br2N2O5/c1-39-26-12-6-23(7-13-26)31-28(18-37)34(43-32(31)24-8-14-27(40-2)15-9-24)38-19-22-16-29(36)33(30(17-22)41-3)42-20-21-4-10-25(35)11-5-21/h4-17,19H,20H2,1-3H3. The molecule has 1 heterocycles. The number of rotatable bonds is 10. The Morgan fingerprint density at radius 3 is 2.02 bits per heavy atom. The lowest BCUT2D eigenvalue weighted by atomic mass is 9.98. The Bertz CT molecular complexity index is 1790. The molecule has 0 saturated carbocycles. The second-order valence-electron chi connectivity index (χ2n) is 9.26. The van der Waals surface area contributed by atoms with Gasteiger partial charge in [-0.2, -0.15) is 5.26 Å². The summed E-state index contributed by atoms with van der Waals surface area (Å²) >= 11 is 7.06. The van der Waals surface area contributed by atoms with Gasteiger partial charge in [-0.3, -0.25) is 0 Å². The second kappa shape index (κ2) is 13.6. The van der Waals surface area contributed by atoms with Crippen LogP contribution < -0.4 is 18.9 Å². The molecule has 0 unspecified atom stereocenters. The molecule has 7 nitrogen and oxygen atoms in total. The Labute approximate surface area is 266 Å². The first-order valence-corrected chi connectivity index (χ1v) is 14.7. The molecule has 0 aliphatic rings. The van der Waals surface area contributed by atoms with Crippen LogP contribution in [0.3, 0.4) is 0 Å². The predicted octanol–water partition coefficient (Wildman–Crippen LogP) is 9.37. The Kier molecular flexibility index (Phi) is 9.50. The first-order chi connectivity index (χ1) is 20.9. The molecule has 0 aliphatic carbocycles. The van der Waals surface area contributed by atoms with Crippen LogP contribution >= 0.6 is 31.9 Å². The minimum absolute atomic E-state index is 0.185. The van der Waals surface area contributed by atoms with Crippen LogP contribution in [-0.2, 0) is 6.61 Å². The van der Waals surface area contributed by atoms with Crippen molar-refractivity contribution in [3.05, 3.63) is 111 Å². The first kappa shape index (κ1) is 30.0. The van der Waals surface area contributed by atoms with E-state index in [0.717, 1.165) is 26.7 Å². The van der Waals surface area contributed by atoms with E-state index in [9.17, 15) is 5.26 Å². The summed E-state index contributed by atoms with van der Waals surface area (Å²) in [5.74, 6) is 3.23. The summed E-state index contributed by atoms with van der Waals surface area (Å²) in [5.41, 5.74) is 4.26. The highest BCUT2D eigenvalue weighted by Crippen LogP contribution is 2.43. The molecule has 0 aliphatic heterocycles. The lowest BCUT2D eigenvalue weighted by molar-refractivity contribution is 0.282. The van der Waals surface area contributed by atoms with Gasteiger partial charge in [0.25, 0.3) is 0 Å². The van der Waals surface area contributed by atoms with Crippen LogP contribution in [0.1, 0.15) is 16.7 Å². The monoisotopic (exact) mass is 700 g/mol. The summed E-state index contributed by atoms with van der Waals surface area (Å²) in [6, 6.07) is 28.8. The molecule has 1 aromatic heterocycles. The molecule has 0 saturated heterocycles. The van der Waals surface area contributed by atoms with Crippen LogP contribution in [0.2, 0.25) is 0 Å². The van der Waals surface area contributed by atoms with Crippen molar-refractivity contribution in [2.45, 2.75) is 6.61 Å². The van der Waals surface area contributed by atoms with Gasteiger partial charge in [-0.25, -0.2) is 4.99 Å². The van der Waals surface area contributed by atoms with Crippen molar-refractivity contribution in [1.29, 1.82) is 5.26 Å². The van der Waals surface area contributed by atoms with Gasteiger partial charge in [0, 0.05) is 21.8 Å². The lowest BCUT2D eigenvalue weighted by Crippen LogP contribution is -1.99. The normalized spacial score (nSPS) is 10.9. The SMILES string of the molecule is COc1ccc(-c2oc(N=Cc3cc(Br)c(OCc4ccc(Br)cc4)c(OC)c3)c(C#N)c2-c2ccc(OC)cc2)cc1. The lowest BCUT2D eigenvalue weighted by Gasteiger charge is -2.13. The number of furan rings is 1. The van der Waals surface area contributed by atoms with E-state index >= 15 is 0 Å².